The average Bonchev–Trinajstić information content (AvgIpc) is 2.25. The molecule has 0 heterocycles. The summed E-state index contributed by atoms with van der Waals surface area (Å²) in [6, 6.07) is 1.83. The fourth-order valence-corrected chi connectivity index (χ4v) is 1.07. The summed E-state index contributed by atoms with van der Waals surface area (Å²) in [5, 5.41) is 14.7. The van der Waals surface area contributed by atoms with E-state index in [4.69, 9.17) is 16.7 Å². The number of hydrogen-bond acceptors (Lipinski definition) is 5. The first-order chi connectivity index (χ1) is 7.31. The fraction of sp³-hybridized carbons (Fsp3) is 0.700. The molecule has 5 heteroatoms. The van der Waals surface area contributed by atoms with Crippen LogP contribution in [0, 0.1) is 11.3 Å². The molecule has 15 heavy (non-hydrogen) atoms. The van der Waals surface area contributed by atoms with Gasteiger partial charge >= 0.3 is 0 Å². The van der Waals surface area contributed by atoms with Gasteiger partial charge in [-0.3, -0.25) is 0 Å². The molecule has 0 bridgehead atoms. The van der Waals surface area contributed by atoms with E-state index in [0.717, 1.165) is 26.1 Å². The third-order valence-corrected chi connectivity index (χ3v) is 1.83. The Hall–Kier alpha value is -0.930. The highest BCUT2D eigenvalue weighted by Crippen LogP contribution is 1.80. The minimum absolute atomic E-state index is 0.0818. The normalized spacial score (nSPS) is 12.9. The molecule has 1 atom stereocenters. The van der Waals surface area contributed by atoms with Crippen molar-refractivity contribution in [2.24, 2.45) is 11.5 Å². The summed E-state index contributed by atoms with van der Waals surface area (Å²) in [7, 11) is 0. The molecule has 0 amide bonds. The van der Waals surface area contributed by atoms with Crippen molar-refractivity contribution in [3.8, 4) is 6.07 Å². The molecule has 0 fully saturated rings. The van der Waals surface area contributed by atoms with Gasteiger partial charge in [0.1, 0.15) is 0 Å². The SMILES string of the molecule is N#CC=CC(N)CNCCCNCCN. The van der Waals surface area contributed by atoms with Crippen molar-refractivity contribution in [3.05, 3.63) is 12.2 Å². The average molecular weight is 211 g/mol. The second-order valence-electron chi connectivity index (χ2n) is 3.25. The van der Waals surface area contributed by atoms with Crippen LogP contribution in [-0.4, -0.2) is 38.8 Å². The summed E-state index contributed by atoms with van der Waals surface area (Å²) in [6.45, 7) is 4.13. The third-order valence-electron chi connectivity index (χ3n) is 1.83. The second kappa shape index (κ2) is 11.1. The van der Waals surface area contributed by atoms with E-state index in [1.165, 1.54) is 6.08 Å². The van der Waals surface area contributed by atoms with Crippen LogP contribution in [0.2, 0.25) is 0 Å². The van der Waals surface area contributed by atoms with Gasteiger partial charge in [0.2, 0.25) is 0 Å². The minimum Gasteiger partial charge on any atom is -0.329 e. The molecule has 0 saturated heterocycles. The number of nitrogens with two attached hydrogens (primary N) is 2. The quantitative estimate of drug-likeness (QED) is 0.287. The van der Waals surface area contributed by atoms with E-state index in [0.29, 0.717) is 13.1 Å². The van der Waals surface area contributed by atoms with Crippen molar-refractivity contribution >= 4 is 0 Å². The number of nitrogens with zero attached hydrogens (tertiary/aromatic N) is 1. The number of hydrogen-bond donors (Lipinski definition) is 4. The zero-order valence-corrected chi connectivity index (χ0v) is 9.08. The molecule has 86 valence electrons. The molecule has 0 aliphatic heterocycles. The molecule has 0 aliphatic rings. The van der Waals surface area contributed by atoms with E-state index >= 15 is 0 Å². The Labute approximate surface area is 91.5 Å². The van der Waals surface area contributed by atoms with Crippen LogP contribution in [0.3, 0.4) is 0 Å². The van der Waals surface area contributed by atoms with E-state index in [2.05, 4.69) is 10.6 Å². The largest absolute Gasteiger partial charge is 0.329 e. The maximum Gasteiger partial charge on any atom is 0.0909 e. The van der Waals surface area contributed by atoms with Crippen molar-refractivity contribution in [3.63, 3.8) is 0 Å². The van der Waals surface area contributed by atoms with Gasteiger partial charge in [0.25, 0.3) is 0 Å². The van der Waals surface area contributed by atoms with Crippen molar-refractivity contribution in [2.75, 3.05) is 32.7 Å². The van der Waals surface area contributed by atoms with Crippen LogP contribution < -0.4 is 22.1 Å². The summed E-state index contributed by atoms with van der Waals surface area (Å²) >= 11 is 0. The zero-order valence-electron chi connectivity index (χ0n) is 9.08. The van der Waals surface area contributed by atoms with Gasteiger partial charge in [0.05, 0.1) is 6.07 Å². The maximum absolute atomic E-state index is 8.28. The van der Waals surface area contributed by atoms with Crippen LogP contribution in [0.1, 0.15) is 6.42 Å². The van der Waals surface area contributed by atoms with Gasteiger partial charge in [0, 0.05) is 31.8 Å². The topological polar surface area (TPSA) is 99.9 Å². The van der Waals surface area contributed by atoms with Crippen LogP contribution in [0.5, 0.6) is 0 Å². The first-order valence-corrected chi connectivity index (χ1v) is 5.24. The van der Waals surface area contributed by atoms with Crippen LogP contribution in [0.15, 0.2) is 12.2 Å². The lowest BCUT2D eigenvalue weighted by Crippen LogP contribution is -2.34. The van der Waals surface area contributed by atoms with Gasteiger partial charge in [-0.2, -0.15) is 5.26 Å². The lowest BCUT2D eigenvalue weighted by Gasteiger charge is -2.08. The standard InChI is InChI=1S/C10H21N5/c11-4-1-3-10(13)9-15-7-2-6-14-8-5-12/h1,3,10,14-15H,2,5-9,12-13H2. The highest BCUT2D eigenvalue weighted by molar-refractivity contribution is 5.05. The fourth-order valence-electron chi connectivity index (χ4n) is 1.07. The van der Waals surface area contributed by atoms with Crippen LogP contribution >= 0.6 is 0 Å². The van der Waals surface area contributed by atoms with Crippen molar-refractivity contribution in [1.82, 2.24) is 10.6 Å². The predicted molar refractivity (Wildman–Crippen MR) is 62.1 cm³/mol. The number of rotatable bonds is 9. The Morgan fingerprint density at radius 1 is 1.27 bits per heavy atom. The lowest BCUT2D eigenvalue weighted by molar-refractivity contribution is 0.582. The number of allylic oxidation sites excluding steroid dienone is 1. The van der Waals surface area contributed by atoms with Gasteiger partial charge in [-0.25, -0.2) is 0 Å². The number of nitriles is 1. The molecule has 5 nitrogen and oxygen atoms in total. The minimum atomic E-state index is -0.0818. The summed E-state index contributed by atoms with van der Waals surface area (Å²) in [4.78, 5) is 0. The number of nitrogens with one attached hydrogen (secondary N) is 2. The molecule has 0 saturated carbocycles. The van der Waals surface area contributed by atoms with Crippen LogP contribution in [-0.2, 0) is 0 Å². The Balaban J connectivity index is 3.17. The van der Waals surface area contributed by atoms with Crippen LogP contribution in [0.4, 0.5) is 0 Å². The Bertz CT molecular complexity index is 196. The molecule has 1 unspecified atom stereocenters. The van der Waals surface area contributed by atoms with Crippen molar-refractivity contribution < 1.29 is 0 Å². The molecule has 0 radical (unpaired) electrons. The summed E-state index contributed by atoms with van der Waals surface area (Å²) in [5.74, 6) is 0. The van der Waals surface area contributed by atoms with Crippen LogP contribution in [0.25, 0.3) is 0 Å². The molecule has 6 N–H and O–H groups in total. The first kappa shape index (κ1) is 14.1. The maximum atomic E-state index is 8.28. The van der Waals surface area contributed by atoms with E-state index in [-0.39, 0.29) is 6.04 Å². The molecular weight excluding hydrogens is 190 g/mol. The van der Waals surface area contributed by atoms with E-state index in [1.807, 2.05) is 6.07 Å². The highest BCUT2D eigenvalue weighted by Gasteiger charge is 1.95. The lowest BCUT2D eigenvalue weighted by atomic mass is 10.3. The zero-order chi connectivity index (χ0) is 11.4. The molecular formula is C10H21N5. The molecule has 0 aromatic rings. The van der Waals surface area contributed by atoms with E-state index in [9.17, 15) is 0 Å². The Morgan fingerprint density at radius 2 is 2.00 bits per heavy atom. The second-order valence-corrected chi connectivity index (χ2v) is 3.25. The van der Waals surface area contributed by atoms with E-state index in [1.54, 1.807) is 6.08 Å². The van der Waals surface area contributed by atoms with Crippen molar-refractivity contribution in [1.29, 1.82) is 5.26 Å². The Kier molecular flexibility index (Phi) is 10.5. The summed E-state index contributed by atoms with van der Waals surface area (Å²) in [6.07, 6.45) is 4.16. The molecule has 0 aliphatic carbocycles. The third kappa shape index (κ3) is 11.0. The molecule has 0 aromatic heterocycles. The summed E-state index contributed by atoms with van der Waals surface area (Å²) < 4.78 is 0. The van der Waals surface area contributed by atoms with Gasteiger partial charge in [-0.1, -0.05) is 6.08 Å². The van der Waals surface area contributed by atoms with Gasteiger partial charge in [-0.15, -0.1) is 0 Å². The first-order valence-electron chi connectivity index (χ1n) is 5.24. The molecule has 0 rings (SSSR count). The summed E-state index contributed by atoms with van der Waals surface area (Å²) in [5.41, 5.74) is 11.0. The highest BCUT2D eigenvalue weighted by atomic mass is 14.9. The molecule has 0 spiro atoms. The molecule has 0 aromatic carbocycles. The monoisotopic (exact) mass is 211 g/mol. The smallest absolute Gasteiger partial charge is 0.0909 e. The Morgan fingerprint density at radius 3 is 2.67 bits per heavy atom. The van der Waals surface area contributed by atoms with Gasteiger partial charge in [0.15, 0.2) is 0 Å². The van der Waals surface area contributed by atoms with Crippen molar-refractivity contribution in [2.45, 2.75) is 12.5 Å². The van der Waals surface area contributed by atoms with Gasteiger partial charge in [-0.05, 0) is 19.5 Å². The van der Waals surface area contributed by atoms with E-state index < -0.39 is 0 Å². The predicted octanol–water partition coefficient (Wildman–Crippen LogP) is -1.08. The van der Waals surface area contributed by atoms with Gasteiger partial charge < -0.3 is 22.1 Å².